The van der Waals surface area contributed by atoms with Crippen LogP contribution < -0.4 is 5.73 Å². The molecule has 1 aliphatic rings. The van der Waals surface area contributed by atoms with Crippen LogP contribution in [0.3, 0.4) is 0 Å². The first kappa shape index (κ1) is 14.0. The van der Waals surface area contributed by atoms with Gasteiger partial charge >= 0.3 is 0 Å². The summed E-state index contributed by atoms with van der Waals surface area (Å²) in [6, 6.07) is 3.49. The van der Waals surface area contributed by atoms with Gasteiger partial charge in [0.15, 0.2) is 0 Å². The van der Waals surface area contributed by atoms with Crippen LogP contribution in [0.1, 0.15) is 29.6 Å². The fourth-order valence-electron chi connectivity index (χ4n) is 2.27. The van der Waals surface area contributed by atoms with Gasteiger partial charge in [0.05, 0.1) is 4.47 Å². The first-order valence-electron chi connectivity index (χ1n) is 6.06. The molecule has 1 aromatic rings. The van der Waals surface area contributed by atoms with E-state index < -0.39 is 17.8 Å². The molecule has 0 spiro atoms. The van der Waals surface area contributed by atoms with Crippen molar-refractivity contribution >= 4 is 27.7 Å². The lowest BCUT2D eigenvalue weighted by atomic mass is 10.0. The van der Waals surface area contributed by atoms with Crippen LogP contribution in [0.2, 0.25) is 0 Å². The Hall–Kier alpha value is -1.43. The first-order chi connectivity index (χ1) is 9.00. The molecule has 1 heterocycles. The van der Waals surface area contributed by atoms with Crippen LogP contribution in [0.5, 0.6) is 0 Å². The minimum atomic E-state index is -0.565. The molecule has 4 nitrogen and oxygen atoms in total. The van der Waals surface area contributed by atoms with Gasteiger partial charge in [0.2, 0.25) is 5.91 Å². The molecule has 0 aliphatic carbocycles. The van der Waals surface area contributed by atoms with Crippen molar-refractivity contribution in [1.29, 1.82) is 0 Å². The topological polar surface area (TPSA) is 63.4 Å². The van der Waals surface area contributed by atoms with E-state index >= 15 is 0 Å². The monoisotopic (exact) mass is 328 g/mol. The molecule has 1 fully saturated rings. The molecule has 0 radical (unpaired) electrons. The molecule has 6 heteroatoms. The van der Waals surface area contributed by atoms with Crippen molar-refractivity contribution in [2.45, 2.75) is 25.3 Å². The number of rotatable bonds is 2. The molecule has 2 rings (SSSR count). The maximum Gasteiger partial charge on any atom is 0.254 e. The normalized spacial score (nSPS) is 19.3. The van der Waals surface area contributed by atoms with E-state index in [2.05, 4.69) is 15.9 Å². The van der Waals surface area contributed by atoms with Crippen molar-refractivity contribution in [2.24, 2.45) is 5.73 Å². The molecule has 1 unspecified atom stereocenters. The highest BCUT2D eigenvalue weighted by Crippen LogP contribution is 2.22. The quantitative estimate of drug-likeness (QED) is 0.903. The predicted octanol–water partition coefficient (Wildman–Crippen LogP) is 2.07. The largest absolute Gasteiger partial charge is 0.368 e. The number of likely N-dealkylation sites (tertiary alicyclic amines) is 1. The van der Waals surface area contributed by atoms with Crippen LogP contribution in [-0.4, -0.2) is 29.3 Å². The average molecular weight is 329 g/mol. The summed E-state index contributed by atoms with van der Waals surface area (Å²) in [5.41, 5.74) is 5.67. The lowest BCUT2D eigenvalue weighted by molar-refractivity contribution is -0.123. The van der Waals surface area contributed by atoms with Crippen molar-refractivity contribution in [2.75, 3.05) is 6.54 Å². The molecule has 1 atom stereocenters. The lowest BCUT2D eigenvalue weighted by Crippen LogP contribution is -2.50. The van der Waals surface area contributed by atoms with Crippen molar-refractivity contribution < 1.29 is 14.0 Å². The van der Waals surface area contributed by atoms with Crippen LogP contribution in [0.15, 0.2) is 22.7 Å². The molecular formula is C13H14BrFN2O2. The van der Waals surface area contributed by atoms with E-state index in [-0.39, 0.29) is 10.4 Å². The Morgan fingerprint density at radius 3 is 2.74 bits per heavy atom. The van der Waals surface area contributed by atoms with Crippen LogP contribution in [0.25, 0.3) is 0 Å². The summed E-state index contributed by atoms with van der Waals surface area (Å²) >= 11 is 3.05. The smallest absolute Gasteiger partial charge is 0.254 e. The standard InChI is InChI=1S/C13H14BrFN2O2/c14-9-7-8(4-5-10(9)15)13(19)17-6-2-1-3-11(17)12(16)18/h4-5,7,11H,1-3,6H2,(H2,16,18). The number of benzene rings is 1. The van der Waals surface area contributed by atoms with Gasteiger partial charge in [-0.05, 0) is 53.4 Å². The second-order valence-electron chi connectivity index (χ2n) is 4.54. The zero-order valence-electron chi connectivity index (χ0n) is 10.2. The third-order valence-electron chi connectivity index (χ3n) is 3.26. The maximum absolute atomic E-state index is 13.2. The zero-order valence-corrected chi connectivity index (χ0v) is 11.8. The summed E-state index contributed by atoms with van der Waals surface area (Å²) in [5, 5.41) is 0. The third kappa shape index (κ3) is 2.94. The van der Waals surface area contributed by atoms with Gasteiger partial charge in [-0.25, -0.2) is 4.39 Å². The van der Waals surface area contributed by atoms with Gasteiger partial charge in [0, 0.05) is 12.1 Å². The SMILES string of the molecule is NC(=O)C1CCCCN1C(=O)c1ccc(F)c(Br)c1. The fraction of sp³-hybridized carbons (Fsp3) is 0.385. The molecule has 2 N–H and O–H groups in total. The van der Waals surface area contributed by atoms with Crippen LogP contribution in [0, 0.1) is 5.82 Å². The summed E-state index contributed by atoms with van der Waals surface area (Å²) < 4.78 is 13.4. The van der Waals surface area contributed by atoms with E-state index in [0.29, 0.717) is 18.5 Å². The van der Waals surface area contributed by atoms with E-state index in [1.54, 1.807) is 0 Å². The van der Waals surface area contributed by atoms with E-state index in [0.717, 1.165) is 12.8 Å². The summed E-state index contributed by atoms with van der Waals surface area (Å²) in [6.45, 7) is 0.501. The number of hydrogen-bond acceptors (Lipinski definition) is 2. The molecule has 102 valence electrons. The highest BCUT2D eigenvalue weighted by molar-refractivity contribution is 9.10. The highest BCUT2D eigenvalue weighted by Gasteiger charge is 2.31. The Morgan fingerprint density at radius 2 is 2.11 bits per heavy atom. The molecule has 1 aromatic carbocycles. The number of piperidine rings is 1. The average Bonchev–Trinajstić information content (AvgIpc) is 2.41. The summed E-state index contributed by atoms with van der Waals surface area (Å²) in [5.74, 6) is -1.21. The van der Waals surface area contributed by atoms with E-state index in [9.17, 15) is 14.0 Å². The van der Waals surface area contributed by atoms with Gasteiger partial charge in [-0.15, -0.1) is 0 Å². The summed E-state index contributed by atoms with van der Waals surface area (Å²) in [7, 11) is 0. The zero-order chi connectivity index (χ0) is 14.0. The Bertz CT molecular complexity index is 521. The number of carbonyl (C=O) groups excluding carboxylic acids is 2. The Balaban J connectivity index is 2.26. The third-order valence-corrected chi connectivity index (χ3v) is 3.87. The Kier molecular flexibility index (Phi) is 4.19. The molecule has 1 aliphatic heterocycles. The predicted molar refractivity (Wildman–Crippen MR) is 72.0 cm³/mol. The molecule has 0 bridgehead atoms. The second kappa shape index (κ2) is 5.69. The van der Waals surface area contributed by atoms with Crippen molar-refractivity contribution in [1.82, 2.24) is 4.90 Å². The fourth-order valence-corrected chi connectivity index (χ4v) is 2.64. The summed E-state index contributed by atoms with van der Waals surface area (Å²) in [6.07, 6.45) is 2.31. The number of nitrogens with zero attached hydrogens (tertiary/aromatic N) is 1. The van der Waals surface area contributed by atoms with E-state index in [1.165, 1.54) is 23.1 Å². The lowest BCUT2D eigenvalue weighted by Gasteiger charge is -2.33. The first-order valence-corrected chi connectivity index (χ1v) is 6.85. The number of carbonyl (C=O) groups is 2. The number of amides is 2. The number of nitrogens with two attached hydrogens (primary N) is 1. The van der Waals surface area contributed by atoms with Crippen LogP contribution in [-0.2, 0) is 4.79 Å². The molecular weight excluding hydrogens is 315 g/mol. The Labute approximate surface area is 118 Å². The van der Waals surface area contributed by atoms with E-state index in [1.807, 2.05) is 0 Å². The number of halogens is 2. The molecule has 0 saturated carbocycles. The van der Waals surface area contributed by atoms with Crippen molar-refractivity contribution in [3.05, 3.63) is 34.1 Å². The molecule has 0 aromatic heterocycles. The Morgan fingerprint density at radius 1 is 1.37 bits per heavy atom. The maximum atomic E-state index is 13.2. The highest BCUT2D eigenvalue weighted by atomic mass is 79.9. The van der Waals surface area contributed by atoms with Gasteiger partial charge in [-0.3, -0.25) is 9.59 Å². The minimum absolute atomic E-state index is 0.228. The minimum Gasteiger partial charge on any atom is -0.368 e. The van der Waals surface area contributed by atoms with E-state index in [4.69, 9.17) is 5.73 Å². The molecule has 2 amide bonds. The molecule has 19 heavy (non-hydrogen) atoms. The van der Waals surface area contributed by atoms with Gasteiger partial charge in [0.1, 0.15) is 11.9 Å². The summed E-state index contributed by atoms with van der Waals surface area (Å²) in [4.78, 5) is 25.2. The van der Waals surface area contributed by atoms with Crippen LogP contribution in [0.4, 0.5) is 4.39 Å². The van der Waals surface area contributed by atoms with Gasteiger partial charge in [-0.2, -0.15) is 0 Å². The van der Waals surface area contributed by atoms with Gasteiger partial charge in [0.25, 0.3) is 5.91 Å². The van der Waals surface area contributed by atoms with Gasteiger partial charge < -0.3 is 10.6 Å². The van der Waals surface area contributed by atoms with Crippen molar-refractivity contribution in [3.8, 4) is 0 Å². The second-order valence-corrected chi connectivity index (χ2v) is 5.40. The van der Waals surface area contributed by atoms with Crippen molar-refractivity contribution in [3.63, 3.8) is 0 Å². The van der Waals surface area contributed by atoms with Crippen LogP contribution >= 0.6 is 15.9 Å². The number of hydrogen-bond donors (Lipinski definition) is 1. The number of primary amides is 1. The molecule has 1 saturated heterocycles. The van der Waals surface area contributed by atoms with Gasteiger partial charge in [-0.1, -0.05) is 0 Å².